The molecule has 1 amide bonds. The van der Waals surface area contributed by atoms with Crippen molar-refractivity contribution in [3.63, 3.8) is 0 Å². The van der Waals surface area contributed by atoms with Gasteiger partial charge in [0.15, 0.2) is 0 Å². The quantitative estimate of drug-likeness (QED) is 0.365. The average Bonchev–Trinajstić information content (AvgIpc) is 3.55. The van der Waals surface area contributed by atoms with E-state index in [-0.39, 0.29) is 12.5 Å². The van der Waals surface area contributed by atoms with E-state index in [1.54, 1.807) is 59.6 Å². The first-order valence-electron chi connectivity index (χ1n) is 12.1. The first kappa shape index (κ1) is 24.5. The smallest absolute Gasteiger partial charge is 0.423 e. The number of alkyl halides is 3. The van der Waals surface area contributed by atoms with E-state index in [2.05, 4.69) is 10.2 Å². The van der Waals surface area contributed by atoms with Crippen LogP contribution < -0.4 is 10.3 Å². The lowest BCUT2D eigenvalue weighted by atomic mass is 10.1. The molecule has 0 saturated heterocycles. The molecule has 1 aliphatic rings. The molecule has 1 aliphatic heterocycles. The molecule has 12 heteroatoms. The van der Waals surface area contributed by atoms with Crippen LogP contribution in [0.25, 0.3) is 16.5 Å². The first-order chi connectivity index (χ1) is 18.8. The number of H-pyrrole nitrogens is 1. The van der Waals surface area contributed by atoms with Gasteiger partial charge in [0.2, 0.25) is 0 Å². The van der Waals surface area contributed by atoms with Crippen molar-refractivity contribution in [1.82, 2.24) is 29.4 Å². The van der Waals surface area contributed by atoms with Crippen LogP contribution in [0.15, 0.2) is 78.0 Å². The summed E-state index contributed by atoms with van der Waals surface area (Å²) in [6, 6.07) is 15.6. The van der Waals surface area contributed by atoms with E-state index in [4.69, 9.17) is 4.74 Å². The third kappa shape index (κ3) is 4.54. The maximum Gasteiger partial charge on any atom is 0.423 e. The normalized spacial score (nSPS) is 13.5. The molecule has 0 bridgehead atoms. The number of benzene rings is 2. The van der Waals surface area contributed by atoms with Gasteiger partial charge in [0.1, 0.15) is 17.9 Å². The highest BCUT2D eigenvalue weighted by Crippen LogP contribution is 2.34. The second kappa shape index (κ2) is 9.46. The van der Waals surface area contributed by atoms with Crippen LogP contribution in [0.2, 0.25) is 0 Å². The van der Waals surface area contributed by atoms with Gasteiger partial charge >= 0.3 is 6.18 Å². The average molecular weight is 534 g/mol. The van der Waals surface area contributed by atoms with Crippen LogP contribution in [0.5, 0.6) is 5.75 Å². The molecule has 0 spiro atoms. The number of rotatable bonds is 5. The van der Waals surface area contributed by atoms with E-state index in [1.807, 2.05) is 15.8 Å². The van der Waals surface area contributed by atoms with Crippen molar-refractivity contribution in [2.75, 3.05) is 6.54 Å². The molecule has 0 fully saturated rings. The minimum Gasteiger partial charge on any atom is -0.487 e. The van der Waals surface area contributed by atoms with Gasteiger partial charge in [-0.15, -0.1) is 0 Å². The standard InChI is InChI=1S/C27H21F3N6O3/c28-27(29,30)24-22(13-31-33-25(24)37)35-14-18-4-1-2-7-21(18)23(35)16-39-20-6-3-5-17(12-20)26(38)34-10-11-36-19(15-34)8-9-32-36/h1-9,12-14H,10-11,15-16H2,(H,33,37). The van der Waals surface area contributed by atoms with Gasteiger partial charge in [-0.3, -0.25) is 14.3 Å². The van der Waals surface area contributed by atoms with Gasteiger partial charge < -0.3 is 14.2 Å². The zero-order valence-electron chi connectivity index (χ0n) is 20.4. The number of aromatic nitrogens is 5. The Morgan fingerprint density at radius 1 is 1.08 bits per heavy atom. The van der Waals surface area contributed by atoms with Gasteiger partial charge in [-0.1, -0.05) is 30.3 Å². The van der Waals surface area contributed by atoms with Crippen molar-refractivity contribution in [2.45, 2.75) is 25.9 Å². The molecule has 3 aromatic heterocycles. The van der Waals surface area contributed by atoms with Gasteiger partial charge in [-0.2, -0.15) is 23.4 Å². The largest absolute Gasteiger partial charge is 0.487 e. The Kier molecular flexibility index (Phi) is 5.93. The first-order valence-corrected chi connectivity index (χ1v) is 12.1. The molecule has 4 heterocycles. The molecular weight excluding hydrogens is 513 g/mol. The molecule has 0 aliphatic carbocycles. The van der Waals surface area contributed by atoms with Crippen LogP contribution in [-0.2, 0) is 25.9 Å². The summed E-state index contributed by atoms with van der Waals surface area (Å²) in [5, 5.41) is 11.0. The predicted octanol–water partition coefficient (Wildman–Crippen LogP) is 4.16. The second-order valence-electron chi connectivity index (χ2n) is 9.08. The number of ether oxygens (including phenoxy) is 1. The summed E-state index contributed by atoms with van der Waals surface area (Å²) in [7, 11) is 0. The highest BCUT2D eigenvalue weighted by Gasteiger charge is 2.38. The Bertz CT molecular complexity index is 1750. The van der Waals surface area contributed by atoms with Crippen molar-refractivity contribution >= 4 is 16.7 Å². The Balaban J connectivity index is 1.31. The van der Waals surface area contributed by atoms with Crippen LogP contribution in [0.3, 0.4) is 0 Å². The number of carbonyl (C=O) groups is 1. The fraction of sp³-hybridized carbons (Fsp3) is 0.185. The zero-order valence-corrected chi connectivity index (χ0v) is 20.4. The number of fused-ring (bicyclic) bond motifs is 2. The van der Waals surface area contributed by atoms with E-state index in [0.717, 1.165) is 11.9 Å². The van der Waals surface area contributed by atoms with Crippen LogP contribution in [-0.4, -0.2) is 41.9 Å². The predicted molar refractivity (Wildman–Crippen MR) is 134 cm³/mol. The fourth-order valence-corrected chi connectivity index (χ4v) is 4.84. The number of hydrogen-bond acceptors (Lipinski definition) is 5. The highest BCUT2D eigenvalue weighted by atomic mass is 19.4. The summed E-state index contributed by atoms with van der Waals surface area (Å²) in [5.74, 6) is 0.214. The lowest BCUT2D eigenvalue weighted by molar-refractivity contribution is -0.138. The minimum atomic E-state index is -4.90. The molecular formula is C27H21F3N6O3. The molecule has 0 saturated carbocycles. The van der Waals surface area contributed by atoms with Crippen molar-refractivity contribution in [3.8, 4) is 11.4 Å². The highest BCUT2D eigenvalue weighted by molar-refractivity contribution is 5.94. The van der Waals surface area contributed by atoms with Crippen molar-refractivity contribution in [1.29, 1.82) is 0 Å². The molecule has 1 N–H and O–H groups in total. The Morgan fingerprint density at radius 3 is 2.77 bits per heavy atom. The third-order valence-corrected chi connectivity index (χ3v) is 6.69. The molecule has 6 rings (SSSR count). The molecule has 9 nitrogen and oxygen atoms in total. The number of amides is 1. The van der Waals surface area contributed by atoms with Crippen molar-refractivity contribution in [3.05, 3.63) is 106 Å². The number of halogens is 3. The van der Waals surface area contributed by atoms with Crippen LogP contribution in [0, 0.1) is 0 Å². The van der Waals surface area contributed by atoms with Crippen LogP contribution in [0.4, 0.5) is 13.2 Å². The number of carbonyl (C=O) groups excluding carboxylic acids is 1. The number of hydrogen-bond donors (Lipinski definition) is 1. The number of nitrogens with one attached hydrogen (secondary N) is 1. The second-order valence-corrected chi connectivity index (χ2v) is 9.08. The van der Waals surface area contributed by atoms with E-state index >= 15 is 0 Å². The summed E-state index contributed by atoms with van der Waals surface area (Å²) in [4.78, 5) is 27.0. The molecule has 0 unspecified atom stereocenters. The van der Waals surface area contributed by atoms with Gasteiger partial charge in [-0.05, 0) is 24.3 Å². The zero-order chi connectivity index (χ0) is 27.1. The fourth-order valence-electron chi connectivity index (χ4n) is 4.84. The summed E-state index contributed by atoms with van der Waals surface area (Å²) in [6.07, 6.45) is -0.713. The van der Waals surface area contributed by atoms with E-state index in [9.17, 15) is 22.8 Å². The lowest BCUT2D eigenvalue weighted by Crippen LogP contribution is -2.38. The molecule has 0 atom stereocenters. The van der Waals surface area contributed by atoms with Gasteiger partial charge in [0.25, 0.3) is 11.5 Å². The Labute approximate surface area is 219 Å². The third-order valence-electron chi connectivity index (χ3n) is 6.69. The topological polar surface area (TPSA) is 98.0 Å². The van der Waals surface area contributed by atoms with Gasteiger partial charge in [0.05, 0.1) is 36.4 Å². The molecule has 5 aromatic rings. The van der Waals surface area contributed by atoms with E-state index < -0.39 is 23.0 Å². The molecule has 39 heavy (non-hydrogen) atoms. The molecule has 2 aromatic carbocycles. The molecule has 198 valence electrons. The van der Waals surface area contributed by atoms with Crippen molar-refractivity contribution in [2.24, 2.45) is 0 Å². The maximum absolute atomic E-state index is 13.8. The number of nitrogens with zero attached hydrogens (tertiary/aromatic N) is 5. The van der Waals surface area contributed by atoms with Gasteiger partial charge in [0, 0.05) is 35.3 Å². The van der Waals surface area contributed by atoms with E-state index in [0.29, 0.717) is 47.4 Å². The molecule has 0 radical (unpaired) electrons. The monoisotopic (exact) mass is 534 g/mol. The summed E-state index contributed by atoms with van der Waals surface area (Å²) in [5.41, 5.74) is -1.33. The maximum atomic E-state index is 13.8. The Morgan fingerprint density at radius 2 is 1.92 bits per heavy atom. The summed E-state index contributed by atoms with van der Waals surface area (Å²) >= 11 is 0. The van der Waals surface area contributed by atoms with Gasteiger partial charge in [-0.25, -0.2) is 5.10 Å². The summed E-state index contributed by atoms with van der Waals surface area (Å²) < 4.78 is 50.7. The van der Waals surface area contributed by atoms with E-state index in [1.165, 1.54) is 10.8 Å². The number of aromatic amines is 1. The minimum absolute atomic E-state index is 0.127. The lowest BCUT2D eigenvalue weighted by Gasteiger charge is -2.27. The summed E-state index contributed by atoms with van der Waals surface area (Å²) in [6.45, 7) is 1.43. The Hall–Kier alpha value is -4.87. The SMILES string of the molecule is O=C(c1cccc(OCc2c3ccccc3cn2-c2cn[nH]c(=O)c2C(F)(F)F)c1)N1CCn2nccc2C1. The van der Waals surface area contributed by atoms with Crippen LogP contribution in [0.1, 0.15) is 27.3 Å². The van der Waals surface area contributed by atoms with Crippen molar-refractivity contribution < 1.29 is 22.7 Å². The van der Waals surface area contributed by atoms with Crippen LogP contribution >= 0.6 is 0 Å².